The summed E-state index contributed by atoms with van der Waals surface area (Å²) in [7, 11) is 0. The molecule has 0 aliphatic heterocycles. The van der Waals surface area contributed by atoms with Crippen LogP contribution >= 0.6 is 0 Å². The van der Waals surface area contributed by atoms with E-state index in [-0.39, 0.29) is 30.8 Å². The van der Waals surface area contributed by atoms with Gasteiger partial charge in [-0.1, -0.05) is 6.07 Å². The van der Waals surface area contributed by atoms with Crippen LogP contribution in [-0.4, -0.2) is 27.1 Å². The fourth-order valence-electron chi connectivity index (χ4n) is 2.33. The zero-order valence-electron chi connectivity index (χ0n) is 13.1. The van der Waals surface area contributed by atoms with Crippen LogP contribution in [0.2, 0.25) is 0 Å². The predicted molar refractivity (Wildman–Crippen MR) is 86.1 cm³/mol. The van der Waals surface area contributed by atoms with Gasteiger partial charge < -0.3 is 10.1 Å². The summed E-state index contributed by atoms with van der Waals surface area (Å²) in [5, 5.41) is 11.0. The van der Waals surface area contributed by atoms with Crippen molar-refractivity contribution in [3.8, 4) is 5.75 Å². The first-order valence-corrected chi connectivity index (χ1v) is 7.61. The van der Waals surface area contributed by atoms with E-state index < -0.39 is 0 Å². The van der Waals surface area contributed by atoms with Crippen molar-refractivity contribution in [3.63, 3.8) is 0 Å². The molecule has 0 radical (unpaired) electrons. The Labute approximate surface area is 138 Å². The highest BCUT2D eigenvalue weighted by Gasteiger charge is 2.15. The Bertz CT molecular complexity index is 832. The lowest BCUT2D eigenvalue weighted by Gasteiger charge is -2.12. The van der Waals surface area contributed by atoms with E-state index in [9.17, 15) is 9.18 Å². The minimum Gasteiger partial charge on any atom is -0.493 e. The Kier molecular flexibility index (Phi) is 4.69. The number of benzene rings is 1. The number of aromatic nitrogens is 3. The number of fused-ring (bicyclic) bond motifs is 1. The number of rotatable bonds is 6. The number of nitrogens with one attached hydrogen (secondary N) is 1. The van der Waals surface area contributed by atoms with Crippen LogP contribution in [0.1, 0.15) is 25.2 Å². The van der Waals surface area contributed by atoms with Crippen LogP contribution in [0.5, 0.6) is 5.75 Å². The summed E-state index contributed by atoms with van der Waals surface area (Å²) in [6.07, 6.45) is 2.05. The maximum atomic E-state index is 12.8. The molecule has 0 aliphatic rings. The predicted octanol–water partition coefficient (Wildman–Crippen LogP) is 2.51. The quantitative estimate of drug-likeness (QED) is 0.755. The number of hydrogen-bond donors (Lipinski definition) is 1. The molecule has 124 valence electrons. The first kappa shape index (κ1) is 15.9. The molecule has 1 N–H and O–H groups in total. The minimum absolute atomic E-state index is 0.155. The Hall–Kier alpha value is -2.96. The Morgan fingerprint density at radius 1 is 1.25 bits per heavy atom. The van der Waals surface area contributed by atoms with E-state index in [0.717, 1.165) is 5.65 Å². The highest BCUT2D eigenvalue weighted by molar-refractivity contribution is 5.76. The van der Waals surface area contributed by atoms with E-state index in [1.54, 1.807) is 0 Å². The summed E-state index contributed by atoms with van der Waals surface area (Å²) in [5.74, 6) is 0.714. The number of nitrogens with zero attached hydrogens (tertiary/aromatic N) is 3. The lowest BCUT2D eigenvalue weighted by atomic mass is 10.3. The van der Waals surface area contributed by atoms with E-state index in [4.69, 9.17) is 4.74 Å². The van der Waals surface area contributed by atoms with E-state index in [1.807, 2.05) is 35.7 Å². The van der Waals surface area contributed by atoms with Crippen LogP contribution in [-0.2, 0) is 4.79 Å². The third kappa shape index (κ3) is 3.68. The SMILES string of the molecule is CC(NC(=O)CCOc1ccc(F)cc1)c1nnc2ccccn12. The molecule has 1 amide bonds. The van der Waals surface area contributed by atoms with E-state index in [0.29, 0.717) is 11.6 Å². The van der Waals surface area contributed by atoms with Gasteiger partial charge in [0, 0.05) is 6.20 Å². The van der Waals surface area contributed by atoms with Crippen molar-refractivity contribution in [2.45, 2.75) is 19.4 Å². The molecule has 3 aromatic rings. The molecule has 0 bridgehead atoms. The highest BCUT2D eigenvalue weighted by atomic mass is 19.1. The van der Waals surface area contributed by atoms with Crippen LogP contribution in [0.25, 0.3) is 5.65 Å². The van der Waals surface area contributed by atoms with Crippen molar-refractivity contribution in [3.05, 3.63) is 60.3 Å². The summed E-state index contributed by atoms with van der Waals surface area (Å²) in [6, 6.07) is 11.0. The molecule has 0 saturated heterocycles. The Balaban J connectivity index is 1.52. The van der Waals surface area contributed by atoms with E-state index in [1.165, 1.54) is 24.3 Å². The molecule has 7 heteroatoms. The number of hydrogen-bond acceptors (Lipinski definition) is 4. The molecule has 2 heterocycles. The second-order valence-corrected chi connectivity index (χ2v) is 5.33. The zero-order valence-corrected chi connectivity index (χ0v) is 13.1. The first-order chi connectivity index (χ1) is 11.6. The summed E-state index contributed by atoms with van der Waals surface area (Å²) in [4.78, 5) is 12.0. The summed E-state index contributed by atoms with van der Waals surface area (Å²) < 4.78 is 20.0. The van der Waals surface area contributed by atoms with Gasteiger partial charge in [-0.15, -0.1) is 10.2 Å². The fourth-order valence-corrected chi connectivity index (χ4v) is 2.33. The van der Waals surface area contributed by atoms with Gasteiger partial charge in [-0.2, -0.15) is 0 Å². The molecule has 1 aromatic carbocycles. The molecular formula is C17H17FN4O2. The molecule has 0 aliphatic carbocycles. The van der Waals surface area contributed by atoms with Crippen molar-refractivity contribution in [2.75, 3.05) is 6.61 Å². The van der Waals surface area contributed by atoms with Gasteiger partial charge in [0.15, 0.2) is 11.5 Å². The Morgan fingerprint density at radius 2 is 2.04 bits per heavy atom. The molecular weight excluding hydrogens is 311 g/mol. The highest BCUT2D eigenvalue weighted by Crippen LogP contribution is 2.13. The van der Waals surface area contributed by atoms with Gasteiger partial charge in [0.25, 0.3) is 0 Å². The topological polar surface area (TPSA) is 68.5 Å². The third-order valence-corrected chi connectivity index (χ3v) is 3.52. The fraction of sp³-hybridized carbons (Fsp3) is 0.235. The number of carbonyl (C=O) groups excluding carboxylic acids is 1. The van der Waals surface area contributed by atoms with Gasteiger partial charge in [0.2, 0.25) is 5.91 Å². The lowest BCUT2D eigenvalue weighted by Crippen LogP contribution is -2.29. The van der Waals surface area contributed by atoms with E-state index >= 15 is 0 Å². The largest absolute Gasteiger partial charge is 0.493 e. The molecule has 2 aromatic heterocycles. The molecule has 0 spiro atoms. The average Bonchev–Trinajstić information content (AvgIpc) is 3.01. The monoisotopic (exact) mass is 328 g/mol. The van der Waals surface area contributed by atoms with Crippen molar-refractivity contribution in [2.24, 2.45) is 0 Å². The average molecular weight is 328 g/mol. The zero-order chi connectivity index (χ0) is 16.9. The number of carbonyl (C=O) groups is 1. The van der Waals surface area contributed by atoms with Crippen molar-refractivity contribution < 1.29 is 13.9 Å². The second kappa shape index (κ2) is 7.08. The van der Waals surface area contributed by atoms with Crippen molar-refractivity contribution >= 4 is 11.6 Å². The van der Waals surface area contributed by atoms with Gasteiger partial charge in [-0.3, -0.25) is 9.20 Å². The molecule has 24 heavy (non-hydrogen) atoms. The number of halogens is 1. The minimum atomic E-state index is -0.325. The Morgan fingerprint density at radius 3 is 2.83 bits per heavy atom. The van der Waals surface area contributed by atoms with Crippen molar-refractivity contribution in [1.29, 1.82) is 0 Å². The number of ether oxygens (including phenoxy) is 1. The van der Waals surface area contributed by atoms with Crippen LogP contribution in [0.3, 0.4) is 0 Å². The lowest BCUT2D eigenvalue weighted by molar-refractivity contribution is -0.122. The normalized spacial score (nSPS) is 12.1. The number of amides is 1. The van der Waals surface area contributed by atoms with Gasteiger partial charge in [0.05, 0.1) is 19.1 Å². The van der Waals surface area contributed by atoms with Crippen LogP contribution < -0.4 is 10.1 Å². The van der Waals surface area contributed by atoms with Gasteiger partial charge in [0.1, 0.15) is 11.6 Å². The molecule has 0 fully saturated rings. The standard InChI is InChI=1S/C17H17FN4O2/c1-12(17-21-20-15-4-2-3-10-22(15)17)19-16(23)9-11-24-14-7-5-13(18)6-8-14/h2-8,10,12H,9,11H2,1H3,(H,19,23). The van der Waals surface area contributed by atoms with Crippen LogP contribution in [0, 0.1) is 5.82 Å². The third-order valence-electron chi connectivity index (χ3n) is 3.52. The second-order valence-electron chi connectivity index (χ2n) is 5.33. The first-order valence-electron chi connectivity index (χ1n) is 7.61. The van der Waals surface area contributed by atoms with Crippen LogP contribution in [0.15, 0.2) is 48.7 Å². The van der Waals surface area contributed by atoms with Crippen LogP contribution in [0.4, 0.5) is 4.39 Å². The molecule has 0 saturated carbocycles. The summed E-state index contributed by atoms with van der Waals surface area (Å²) >= 11 is 0. The molecule has 1 unspecified atom stereocenters. The van der Waals surface area contributed by atoms with Gasteiger partial charge >= 0.3 is 0 Å². The summed E-state index contributed by atoms with van der Waals surface area (Å²) in [6.45, 7) is 2.06. The van der Waals surface area contributed by atoms with Gasteiger partial charge in [-0.25, -0.2) is 4.39 Å². The number of pyridine rings is 1. The summed E-state index contributed by atoms with van der Waals surface area (Å²) in [5.41, 5.74) is 0.730. The van der Waals surface area contributed by atoms with Gasteiger partial charge in [-0.05, 0) is 43.3 Å². The van der Waals surface area contributed by atoms with Crippen molar-refractivity contribution in [1.82, 2.24) is 19.9 Å². The molecule has 1 atom stereocenters. The smallest absolute Gasteiger partial charge is 0.224 e. The van der Waals surface area contributed by atoms with E-state index in [2.05, 4.69) is 15.5 Å². The molecule has 6 nitrogen and oxygen atoms in total. The maximum absolute atomic E-state index is 12.8. The molecule has 3 rings (SSSR count). The maximum Gasteiger partial charge on any atom is 0.224 e.